The molecule has 2 bridgehead atoms. The van der Waals surface area contributed by atoms with Crippen molar-refractivity contribution in [3.05, 3.63) is 11.6 Å². The number of Topliss-reactive ketones (excluding diaryl/α,β-unsaturated/α-hetero) is 1. The summed E-state index contributed by atoms with van der Waals surface area (Å²) in [7, 11) is 1.64. The molecule has 3 aliphatic carbocycles. The maximum atomic E-state index is 11.9. The number of rotatable bonds is 1. The summed E-state index contributed by atoms with van der Waals surface area (Å²) in [6.45, 7) is 4.14. The predicted molar refractivity (Wildman–Crippen MR) is 50.4 cm³/mol. The lowest BCUT2D eigenvalue weighted by Crippen LogP contribution is -2.52. The third-order valence-corrected chi connectivity index (χ3v) is 3.67. The summed E-state index contributed by atoms with van der Waals surface area (Å²) < 4.78 is 5.39. The monoisotopic (exact) mass is 180 g/mol. The first-order valence-electron chi connectivity index (χ1n) is 4.89. The van der Waals surface area contributed by atoms with Gasteiger partial charge in [-0.15, -0.1) is 0 Å². The van der Waals surface area contributed by atoms with Crippen LogP contribution in [0.2, 0.25) is 0 Å². The fourth-order valence-electron chi connectivity index (χ4n) is 2.81. The Hall–Kier alpha value is -0.630. The lowest BCUT2D eigenvalue weighted by atomic mass is 9.63. The van der Waals surface area contributed by atoms with Gasteiger partial charge < -0.3 is 4.74 Å². The average Bonchev–Trinajstić information content (AvgIpc) is 2.13. The Balaban J connectivity index is 2.47. The van der Waals surface area contributed by atoms with Crippen molar-refractivity contribution in [2.24, 2.45) is 11.8 Å². The molecule has 0 aromatic carbocycles. The van der Waals surface area contributed by atoms with Crippen LogP contribution in [0.4, 0.5) is 0 Å². The van der Waals surface area contributed by atoms with E-state index in [1.165, 1.54) is 5.57 Å². The van der Waals surface area contributed by atoms with E-state index in [1.807, 2.05) is 13.0 Å². The summed E-state index contributed by atoms with van der Waals surface area (Å²) in [4.78, 5) is 11.9. The molecule has 72 valence electrons. The molecule has 0 radical (unpaired) electrons. The first-order valence-corrected chi connectivity index (χ1v) is 4.89. The maximum absolute atomic E-state index is 11.9. The Morgan fingerprint density at radius 1 is 1.62 bits per heavy atom. The van der Waals surface area contributed by atoms with E-state index in [9.17, 15) is 4.79 Å². The molecule has 0 heterocycles. The van der Waals surface area contributed by atoms with Gasteiger partial charge in [-0.3, -0.25) is 4.79 Å². The molecule has 0 saturated heterocycles. The van der Waals surface area contributed by atoms with E-state index in [0.29, 0.717) is 5.92 Å². The highest BCUT2D eigenvalue weighted by Gasteiger charge is 2.50. The first kappa shape index (κ1) is 8.95. The molecule has 0 aliphatic heterocycles. The molecule has 13 heavy (non-hydrogen) atoms. The van der Waals surface area contributed by atoms with Gasteiger partial charge in [0.2, 0.25) is 0 Å². The minimum Gasteiger partial charge on any atom is -0.366 e. The minimum atomic E-state index is -0.571. The lowest BCUT2D eigenvalue weighted by molar-refractivity contribution is -0.148. The van der Waals surface area contributed by atoms with Crippen molar-refractivity contribution in [1.29, 1.82) is 0 Å². The number of fused-ring (bicyclic) bond motifs is 2. The van der Waals surface area contributed by atoms with Crippen LogP contribution in [0.15, 0.2) is 11.6 Å². The largest absolute Gasteiger partial charge is 0.366 e. The van der Waals surface area contributed by atoms with Crippen molar-refractivity contribution in [3.63, 3.8) is 0 Å². The zero-order chi connectivity index (χ0) is 9.64. The Labute approximate surface area is 79.0 Å². The van der Waals surface area contributed by atoms with Crippen molar-refractivity contribution < 1.29 is 9.53 Å². The second-order valence-corrected chi connectivity index (χ2v) is 4.28. The molecule has 0 amide bonds. The molecule has 1 fully saturated rings. The standard InChI is InChI=1S/C11H16O2/c1-7-6-11(13-3)5-4-9(7)8(2)10(11)12/h6,8-9H,4-5H2,1-3H3/t8-,9+,11+/m1/s1. The zero-order valence-electron chi connectivity index (χ0n) is 8.46. The summed E-state index contributed by atoms with van der Waals surface area (Å²) in [6, 6.07) is 0. The molecule has 1 saturated carbocycles. The molecule has 0 spiro atoms. The Bertz CT molecular complexity index is 280. The van der Waals surface area contributed by atoms with E-state index in [0.717, 1.165) is 12.8 Å². The van der Waals surface area contributed by atoms with E-state index in [2.05, 4.69) is 6.92 Å². The molecule has 3 aliphatic rings. The summed E-state index contributed by atoms with van der Waals surface area (Å²) >= 11 is 0. The van der Waals surface area contributed by atoms with Gasteiger partial charge in [0, 0.05) is 13.0 Å². The van der Waals surface area contributed by atoms with Crippen LogP contribution in [0.1, 0.15) is 26.7 Å². The second kappa shape index (κ2) is 2.68. The summed E-state index contributed by atoms with van der Waals surface area (Å²) in [5.74, 6) is 0.903. The van der Waals surface area contributed by atoms with E-state index in [1.54, 1.807) is 7.11 Å². The molecule has 2 heteroatoms. The van der Waals surface area contributed by atoms with Crippen LogP contribution in [0.25, 0.3) is 0 Å². The van der Waals surface area contributed by atoms with Crippen LogP contribution < -0.4 is 0 Å². The molecule has 0 unspecified atom stereocenters. The minimum absolute atomic E-state index is 0.152. The summed E-state index contributed by atoms with van der Waals surface area (Å²) in [5, 5.41) is 0. The zero-order valence-corrected chi connectivity index (χ0v) is 8.46. The van der Waals surface area contributed by atoms with Crippen LogP contribution in [-0.4, -0.2) is 18.5 Å². The van der Waals surface area contributed by atoms with Crippen molar-refractivity contribution >= 4 is 5.78 Å². The summed E-state index contributed by atoms with van der Waals surface area (Å²) in [6.07, 6.45) is 4.00. The van der Waals surface area contributed by atoms with Crippen molar-refractivity contribution in [2.45, 2.75) is 32.3 Å². The van der Waals surface area contributed by atoms with Crippen molar-refractivity contribution in [1.82, 2.24) is 0 Å². The normalized spacial score (nSPS) is 43.6. The van der Waals surface area contributed by atoms with Gasteiger partial charge in [0.25, 0.3) is 0 Å². The van der Waals surface area contributed by atoms with Crippen molar-refractivity contribution in [3.8, 4) is 0 Å². The van der Waals surface area contributed by atoms with Gasteiger partial charge in [-0.05, 0) is 31.8 Å². The molecule has 2 nitrogen and oxygen atoms in total. The topological polar surface area (TPSA) is 26.3 Å². The second-order valence-electron chi connectivity index (χ2n) is 4.28. The van der Waals surface area contributed by atoms with E-state index >= 15 is 0 Å². The maximum Gasteiger partial charge on any atom is 0.171 e. The molecule has 3 atom stereocenters. The number of hydrogen-bond donors (Lipinski definition) is 0. The number of hydrogen-bond acceptors (Lipinski definition) is 2. The quantitative estimate of drug-likeness (QED) is 0.576. The third-order valence-electron chi connectivity index (χ3n) is 3.67. The number of carbonyl (C=O) groups excluding carboxylic acids is 1. The van der Waals surface area contributed by atoms with Gasteiger partial charge in [0.1, 0.15) is 5.60 Å². The average molecular weight is 180 g/mol. The molecular weight excluding hydrogens is 164 g/mol. The number of ketones is 1. The SMILES string of the molecule is CO[C@]12C=C(C)[C@H](CC1)[C@@H](C)C2=O. The number of carbonyl (C=O) groups is 1. The van der Waals surface area contributed by atoms with E-state index in [4.69, 9.17) is 4.74 Å². The number of ether oxygens (including phenoxy) is 1. The van der Waals surface area contributed by atoms with E-state index in [-0.39, 0.29) is 11.7 Å². The van der Waals surface area contributed by atoms with Crippen LogP contribution in [0, 0.1) is 11.8 Å². The van der Waals surface area contributed by atoms with E-state index < -0.39 is 5.60 Å². The Kier molecular flexibility index (Phi) is 1.84. The Morgan fingerprint density at radius 3 is 2.85 bits per heavy atom. The predicted octanol–water partition coefficient (Wildman–Crippen LogP) is 1.95. The fraction of sp³-hybridized carbons (Fsp3) is 0.727. The van der Waals surface area contributed by atoms with Gasteiger partial charge in [-0.2, -0.15) is 0 Å². The molecule has 0 aromatic heterocycles. The van der Waals surface area contributed by atoms with Crippen LogP contribution in [0.3, 0.4) is 0 Å². The van der Waals surface area contributed by atoms with Crippen molar-refractivity contribution in [2.75, 3.05) is 7.11 Å². The van der Waals surface area contributed by atoms with Crippen LogP contribution in [0.5, 0.6) is 0 Å². The molecule has 0 N–H and O–H groups in total. The third kappa shape index (κ3) is 1.01. The molecular formula is C11H16O2. The lowest BCUT2D eigenvalue weighted by Gasteiger charge is -2.45. The highest BCUT2D eigenvalue weighted by atomic mass is 16.5. The number of allylic oxidation sites excluding steroid dienone is 1. The molecule has 0 aromatic rings. The fourth-order valence-corrected chi connectivity index (χ4v) is 2.81. The smallest absolute Gasteiger partial charge is 0.171 e. The Morgan fingerprint density at radius 2 is 2.31 bits per heavy atom. The van der Waals surface area contributed by atoms with Crippen LogP contribution >= 0.6 is 0 Å². The highest BCUT2D eigenvalue weighted by Crippen LogP contribution is 2.45. The van der Waals surface area contributed by atoms with Gasteiger partial charge in [-0.25, -0.2) is 0 Å². The van der Waals surface area contributed by atoms with Gasteiger partial charge >= 0.3 is 0 Å². The van der Waals surface area contributed by atoms with Gasteiger partial charge in [0.15, 0.2) is 5.78 Å². The van der Waals surface area contributed by atoms with Gasteiger partial charge in [0.05, 0.1) is 0 Å². The highest BCUT2D eigenvalue weighted by molar-refractivity contribution is 5.94. The first-order chi connectivity index (χ1) is 6.10. The van der Waals surface area contributed by atoms with Gasteiger partial charge in [-0.1, -0.05) is 12.5 Å². The molecule has 3 rings (SSSR count). The number of methoxy groups -OCH3 is 1. The summed E-state index contributed by atoms with van der Waals surface area (Å²) in [5.41, 5.74) is 0.762. The van der Waals surface area contributed by atoms with Crippen LogP contribution in [-0.2, 0) is 9.53 Å².